The molecule has 2 aliphatic rings. The number of nitriles is 1. The van der Waals surface area contributed by atoms with Crippen LogP contribution in [0.3, 0.4) is 0 Å². The van der Waals surface area contributed by atoms with E-state index in [4.69, 9.17) is 16.6 Å². The number of rotatable bonds is 6. The molecule has 0 radical (unpaired) electrons. The molecule has 0 amide bonds. The van der Waals surface area contributed by atoms with Crippen LogP contribution in [-0.2, 0) is 17.1 Å². The third-order valence-corrected chi connectivity index (χ3v) is 9.79. The Morgan fingerprint density at radius 3 is 2.51 bits per heavy atom. The number of fused-ring (bicyclic) bond motifs is 2. The van der Waals surface area contributed by atoms with E-state index in [2.05, 4.69) is 25.9 Å². The van der Waals surface area contributed by atoms with Crippen molar-refractivity contribution < 1.29 is 12.8 Å². The Bertz CT molecular complexity index is 1950. The topological polar surface area (TPSA) is 121 Å². The molecule has 5 heterocycles. The molecular weight excluding hydrogens is 567 g/mol. The molecule has 13 heteroatoms. The number of aryl methyl sites for hydroxylation is 1. The van der Waals surface area contributed by atoms with E-state index in [-0.39, 0.29) is 22.9 Å². The lowest BCUT2D eigenvalue weighted by Gasteiger charge is -2.21. The number of nitrogens with zero attached hydrogens (tertiary/aromatic N) is 7. The lowest BCUT2D eigenvalue weighted by molar-refractivity contribution is 0.550. The zero-order chi connectivity index (χ0) is 28.5. The van der Waals surface area contributed by atoms with E-state index in [1.807, 2.05) is 37.6 Å². The number of nitrogens with one attached hydrogen (secondary N) is 1. The van der Waals surface area contributed by atoms with Crippen molar-refractivity contribution in [2.45, 2.75) is 10.9 Å². The van der Waals surface area contributed by atoms with Crippen molar-refractivity contribution >= 4 is 33.0 Å². The van der Waals surface area contributed by atoms with Crippen LogP contribution in [0.4, 0.5) is 10.2 Å². The quantitative estimate of drug-likeness (QED) is 0.319. The van der Waals surface area contributed by atoms with Gasteiger partial charge in [0.25, 0.3) is 0 Å². The molecule has 1 saturated carbocycles. The summed E-state index contributed by atoms with van der Waals surface area (Å²) in [4.78, 5) is 6.31. The SMILES string of the molecule is Cn1cc(-c2cc(-c3ccc(N4C[C@@H]5[C@H](C4)[C@@H]5NS(=O)(=O)c4c(F)cccc4Cl)nc3)c3c(C#N)cnn3c2)cn1. The molecule has 41 heavy (non-hydrogen) atoms. The number of sulfonamides is 1. The molecule has 2 fully saturated rings. The molecule has 0 bridgehead atoms. The second-order valence-electron chi connectivity index (χ2n) is 10.3. The first-order valence-corrected chi connectivity index (χ1v) is 14.7. The Morgan fingerprint density at radius 1 is 1.05 bits per heavy atom. The molecule has 0 spiro atoms. The molecule has 1 aromatic carbocycles. The van der Waals surface area contributed by atoms with Gasteiger partial charge in [-0.2, -0.15) is 15.5 Å². The molecule has 5 aromatic rings. The average molecular weight is 589 g/mol. The number of anilines is 1. The highest BCUT2D eigenvalue weighted by atomic mass is 35.5. The fourth-order valence-corrected chi connectivity index (χ4v) is 7.69. The monoisotopic (exact) mass is 588 g/mol. The fraction of sp³-hybridized carbons (Fsp3) is 0.214. The van der Waals surface area contributed by atoms with E-state index >= 15 is 0 Å². The molecule has 4 aromatic heterocycles. The largest absolute Gasteiger partial charge is 0.356 e. The van der Waals surface area contributed by atoms with Crippen LogP contribution >= 0.6 is 11.6 Å². The highest BCUT2D eigenvalue weighted by Gasteiger charge is 2.57. The van der Waals surface area contributed by atoms with Crippen LogP contribution in [0, 0.1) is 29.0 Å². The van der Waals surface area contributed by atoms with Crippen molar-refractivity contribution in [3.05, 3.63) is 83.8 Å². The van der Waals surface area contributed by atoms with Gasteiger partial charge < -0.3 is 4.90 Å². The third kappa shape index (κ3) is 4.33. The van der Waals surface area contributed by atoms with E-state index < -0.39 is 20.7 Å². The summed E-state index contributed by atoms with van der Waals surface area (Å²) in [6.45, 7) is 1.24. The second kappa shape index (κ2) is 9.37. The molecule has 206 valence electrons. The van der Waals surface area contributed by atoms with Crippen LogP contribution in [0.1, 0.15) is 5.56 Å². The predicted molar refractivity (Wildman–Crippen MR) is 150 cm³/mol. The van der Waals surface area contributed by atoms with Gasteiger partial charge in [0, 0.05) is 67.0 Å². The summed E-state index contributed by atoms with van der Waals surface area (Å²) in [5.74, 6) is 0.0890. The van der Waals surface area contributed by atoms with Gasteiger partial charge in [0.05, 0.1) is 28.5 Å². The van der Waals surface area contributed by atoms with Crippen LogP contribution in [0.2, 0.25) is 5.02 Å². The number of hydrogen-bond acceptors (Lipinski definition) is 7. The highest BCUT2D eigenvalue weighted by molar-refractivity contribution is 7.89. The number of hydrogen-bond donors (Lipinski definition) is 1. The molecule has 7 rings (SSSR count). The minimum Gasteiger partial charge on any atom is -0.356 e. The zero-order valence-corrected chi connectivity index (χ0v) is 23.2. The number of halogens is 2. The van der Waals surface area contributed by atoms with E-state index in [0.29, 0.717) is 24.2 Å². The minimum absolute atomic E-state index is 0.0950. The maximum absolute atomic E-state index is 14.2. The number of aromatic nitrogens is 5. The van der Waals surface area contributed by atoms with E-state index in [1.54, 1.807) is 27.8 Å². The van der Waals surface area contributed by atoms with Crippen molar-refractivity contribution in [1.82, 2.24) is 29.1 Å². The molecular formula is C28H22ClFN8O2S. The van der Waals surface area contributed by atoms with Crippen molar-refractivity contribution in [1.29, 1.82) is 5.26 Å². The molecule has 1 aliphatic heterocycles. The van der Waals surface area contributed by atoms with Gasteiger partial charge in [-0.3, -0.25) is 4.68 Å². The first-order valence-electron chi connectivity index (χ1n) is 12.8. The van der Waals surface area contributed by atoms with Crippen molar-refractivity contribution in [3.8, 4) is 28.3 Å². The van der Waals surface area contributed by atoms with E-state index in [9.17, 15) is 18.1 Å². The van der Waals surface area contributed by atoms with Gasteiger partial charge in [0.15, 0.2) is 0 Å². The number of pyridine rings is 2. The van der Waals surface area contributed by atoms with E-state index in [1.165, 1.54) is 12.1 Å². The van der Waals surface area contributed by atoms with E-state index in [0.717, 1.165) is 34.1 Å². The summed E-state index contributed by atoms with van der Waals surface area (Å²) in [6.07, 6.45) is 8.89. The van der Waals surface area contributed by atoms with Gasteiger partial charge in [-0.25, -0.2) is 27.0 Å². The van der Waals surface area contributed by atoms with Crippen molar-refractivity contribution in [2.75, 3.05) is 18.0 Å². The van der Waals surface area contributed by atoms with Gasteiger partial charge in [-0.1, -0.05) is 17.7 Å². The summed E-state index contributed by atoms with van der Waals surface area (Å²) in [5, 5.41) is 18.2. The fourth-order valence-electron chi connectivity index (χ4n) is 5.75. The summed E-state index contributed by atoms with van der Waals surface area (Å²) in [5.41, 5.74) is 4.65. The van der Waals surface area contributed by atoms with Crippen molar-refractivity contribution in [2.24, 2.45) is 18.9 Å². The Labute approximate surface area is 239 Å². The lowest BCUT2D eigenvalue weighted by Crippen LogP contribution is -2.35. The van der Waals surface area contributed by atoms with Crippen LogP contribution in [0.5, 0.6) is 0 Å². The summed E-state index contributed by atoms with van der Waals surface area (Å²) in [7, 11) is -2.23. The Kier molecular flexibility index (Phi) is 5.86. The smallest absolute Gasteiger partial charge is 0.245 e. The molecule has 0 unspecified atom stereocenters. The zero-order valence-electron chi connectivity index (χ0n) is 21.6. The van der Waals surface area contributed by atoms with Gasteiger partial charge in [-0.15, -0.1) is 0 Å². The lowest BCUT2D eigenvalue weighted by atomic mass is 10.0. The molecule has 3 atom stereocenters. The summed E-state index contributed by atoms with van der Waals surface area (Å²) < 4.78 is 45.9. The van der Waals surface area contributed by atoms with Crippen LogP contribution in [0.25, 0.3) is 27.8 Å². The normalized spacial score (nSPS) is 19.9. The summed E-state index contributed by atoms with van der Waals surface area (Å²) >= 11 is 5.98. The molecule has 1 N–H and O–H groups in total. The van der Waals surface area contributed by atoms with Gasteiger partial charge in [-0.05, 0) is 42.2 Å². The number of piperidine rings is 1. The standard InChI is InChI=1S/C28H22ClFN8O2S/c1-36-12-19(11-33-36)17-7-20(27-18(8-31)10-34-38(27)13-17)16-5-6-25(32-9-16)37-14-21-22(15-37)26(21)35-41(39,40)28-23(29)3-2-4-24(28)30/h2-7,9-13,21-22,26,35H,14-15H2,1H3/t21-,22+,26-. The number of benzene rings is 1. The average Bonchev–Trinajstić information content (AvgIpc) is 3.41. The second-order valence-corrected chi connectivity index (χ2v) is 12.4. The van der Waals surface area contributed by atoms with Gasteiger partial charge >= 0.3 is 0 Å². The molecule has 1 aliphatic carbocycles. The Hall–Kier alpha value is -4.31. The first-order chi connectivity index (χ1) is 19.7. The molecule has 1 saturated heterocycles. The highest BCUT2D eigenvalue weighted by Crippen LogP contribution is 2.47. The summed E-state index contributed by atoms with van der Waals surface area (Å²) in [6, 6.07) is 11.7. The first kappa shape index (κ1) is 25.6. The Morgan fingerprint density at radius 2 is 1.85 bits per heavy atom. The molecule has 10 nitrogen and oxygen atoms in total. The maximum Gasteiger partial charge on any atom is 0.245 e. The van der Waals surface area contributed by atoms with Crippen LogP contribution in [-0.4, -0.2) is 51.9 Å². The van der Waals surface area contributed by atoms with Gasteiger partial charge in [0.1, 0.15) is 22.6 Å². The maximum atomic E-state index is 14.2. The van der Waals surface area contributed by atoms with Crippen LogP contribution < -0.4 is 9.62 Å². The van der Waals surface area contributed by atoms with Crippen LogP contribution in [0.15, 0.2) is 72.3 Å². The predicted octanol–water partition coefficient (Wildman–Crippen LogP) is 3.87. The minimum atomic E-state index is -4.09. The van der Waals surface area contributed by atoms with Crippen molar-refractivity contribution in [3.63, 3.8) is 0 Å². The Balaban J connectivity index is 1.11. The van der Waals surface area contributed by atoms with Gasteiger partial charge in [0.2, 0.25) is 10.0 Å². The third-order valence-electron chi connectivity index (χ3n) is 7.83.